The van der Waals surface area contributed by atoms with Crippen LogP contribution in [0.4, 0.5) is 10.1 Å². The predicted molar refractivity (Wildman–Crippen MR) is 112 cm³/mol. The number of anilines is 1. The topological polar surface area (TPSA) is 103 Å². The van der Waals surface area contributed by atoms with E-state index in [4.69, 9.17) is 4.52 Å². The SMILES string of the molecule is Cc1ccc(C)c(NC(=O)Cn2nc(-c3nc(-c4ccc(F)cc4)no3)ccc2=O)c1. The number of amides is 1. The monoisotopic (exact) mass is 419 g/mol. The lowest BCUT2D eigenvalue weighted by Crippen LogP contribution is -2.29. The first-order chi connectivity index (χ1) is 14.9. The van der Waals surface area contributed by atoms with E-state index in [1.54, 1.807) is 0 Å². The average molecular weight is 419 g/mol. The zero-order valence-electron chi connectivity index (χ0n) is 16.8. The summed E-state index contributed by atoms with van der Waals surface area (Å²) in [5.74, 6) is -0.441. The van der Waals surface area contributed by atoms with E-state index >= 15 is 0 Å². The number of aryl methyl sites for hydroxylation is 2. The molecule has 4 rings (SSSR count). The maximum atomic E-state index is 13.1. The van der Waals surface area contributed by atoms with Gasteiger partial charge in [-0.1, -0.05) is 17.3 Å². The molecule has 0 atom stereocenters. The van der Waals surface area contributed by atoms with Gasteiger partial charge in [-0.15, -0.1) is 0 Å². The molecular weight excluding hydrogens is 401 g/mol. The molecule has 0 aliphatic heterocycles. The van der Waals surface area contributed by atoms with Gasteiger partial charge in [-0.25, -0.2) is 9.07 Å². The Balaban J connectivity index is 1.55. The van der Waals surface area contributed by atoms with E-state index in [1.165, 1.54) is 36.4 Å². The first kappa shape index (κ1) is 20.1. The second-order valence-corrected chi connectivity index (χ2v) is 7.01. The summed E-state index contributed by atoms with van der Waals surface area (Å²) in [6.45, 7) is 3.53. The summed E-state index contributed by atoms with van der Waals surface area (Å²) in [7, 11) is 0. The summed E-state index contributed by atoms with van der Waals surface area (Å²) in [6, 6.07) is 14.0. The van der Waals surface area contributed by atoms with Gasteiger partial charge in [-0.2, -0.15) is 10.1 Å². The Bertz CT molecular complexity index is 1310. The highest BCUT2D eigenvalue weighted by atomic mass is 19.1. The molecular formula is C22H18FN5O3. The third kappa shape index (κ3) is 4.55. The summed E-state index contributed by atoms with van der Waals surface area (Å²) in [5, 5.41) is 10.8. The number of hydrogen-bond donors (Lipinski definition) is 1. The van der Waals surface area contributed by atoms with Crippen LogP contribution in [-0.4, -0.2) is 25.8 Å². The van der Waals surface area contributed by atoms with Gasteiger partial charge in [0, 0.05) is 17.3 Å². The summed E-state index contributed by atoms with van der Waals surface area (Å²) in [4.78, 5) is 28.9. The summed E-state index contributed by atoms with van der Waals surface area (Å²) in [6.07, 6.45) is 0. The summed E-state index contributed by atoms with van der Waals surface area (Å²) < 4.78 is 19.4. The highest BCUT2D eigenvalue weighted by molar-refractivity contribution is 5.91. The fourth-order valence-electron chi connectivity index (χ4n) is 2.92. The molecule has 2 aromatic carbocycles. The standard InChI is InChI=1S/C22H18FN5O3/c1-13-3-4-14(2)18(11-13)24-19(29)12-28-20(30)10-9-17(26-28)22-25-21(27-31-22)15-5-7-16(23)8-6-15/h3-11H,12H2,1-2H3,(H,24,29). The molecule has 0 unspecified atom stereocenters. The third-order valence-electron chi connectivity index (χ3n) is 4.57. The Hall–Kier alpha value is -4.14. The van der Waals surface area contributed by atoms with Gasteiger partial charge >= 0.3 is 0 Å². The number of aromatic nitrogens is 4. The maximum absolute atomic E-state index is 13.1. The van der Waals surface area contributed by atoms with Crippen LogP contribution in [0.2, 0.25) is 0 Å². The Morgan fingerprint density at radius 2 is 1.87 bits per heavy atom. The van der Waals surface area contributed by atoms with Crippen LogP contribution in [0, 0.1) is 19.7 Å². The molecule has 9 heteroatoms. The van der Waals surface area contributed by atoms with E-state index in [1.807, 2.05) is 32.0 Å². The molecule has 2 heterocycles. The summed E-state index contributed by atoms with van der Waals surface area (Å²) >= 11 is 0. The van der Waals surface area contributed by atoms with Gasteiger partial charge in [-0.05, 0) is 61.4 Å². The minimum atomic E-state index is -0.446. The van der Waals surface area contributed by atoms with Crippen molar-refractivity contribution in [3.05, 3.63) is 81.9 Å². The first-order valence-corrected chi connectivity index (χ1v) is 9.44. The molecule has 1 N–H and O–H groups in total. The van der Waals surface area contributed by atoms with Gasteiger partial charge in [0.25, 0.3) is 11.4 Å². The quantitative estimate of drug-likeness (QED) is 0.532. The van der Waals surface area contributed by atoms with Crippen LogP contribution in [0.3, 0.4) is 0 Å². The lowest BCUT2D eigenvalue weighted by atomic mass is 10.1. The Labute approximate surface area is 176 Å². The Kier molecular flexibility index (Phi) is 5.40. The highest BCUT2D eigenvalue weighted by Crippen LogP contribution is 2.20. The molecule has 0 fully saturated rings. The van der Waals surface area contributed by atoms with Crippen molar-refractivity contribution in [2.45, 2.75) is 20.4 Å². The molecule has 0 aliphatic rings. The molecule has 0 bridgehead atoms. The zero-order valence-corrected chi connectivity index (χ0v) is 16.8. The van der Waals surface area contributed by atoms with Gasteiger partial charge in [0.2, 0.25) is 11.7 Å². The largest absolute Gasteiger partial charge is 0.332 e. The van der Waals surface area contributed by atoms with E-state index in [0.29, 0.717) is 11.3 Å². The number of carbonyl (C=O) groups excluding carboxylic acids is 1. The van der Waals surface area contributed by atoms with Gasteiger partial charge in [-0.3, -0.25) is 9.59 Å². The number of hydrogen-bond acceptors (Lipinski definition) is 6. The van der Waals surface area contributed by atoms with Crippen molar-refractivity contribution in [2.24, 2.45) is 0 Å². The first-order valence-electron chi connectivity index (χ1n) is 9.44. The Morgan fingerprint density at radius 1 is 1.10 bits per heavy atom. The number of halogens is 1. The zero-order chi connectivity index (χ0) is 22.0. The number of carbonyl (C=O) groups is 1. The second kappa shape index (κ2) is 8.31. The van der Waals surface area contributed by atoms with Crippen molar-refractivity contribution < 1.29 is 13.7 Å². The number of nitrogens with zero attached hydrogens (tertiary/aromatic N) is 4. The molecule has 31 heavy (non-hydrogen) atoms. The minimum absolute atomic E-state index is 0.0722. The van der Waals surface area contributed by atoms with Crippen molar-refractivity contribution in [3.63, 3.8) is 0 Å². The van der Waals surface area contributed by atoms with Crippen molar-refractivity contribution in [2.75, 3.05) is 5.32 Å². The van der Waals surface area contributed by atoms with Gasteiger partial charge in [0.05, 0.1) is 0 Å². The van der Waals surface area contributed by atoms with Crippen LogP contribution >= 0.6 is 0 Å². The van der Waals surface area contributed by atoms with Gasteiger partial charge in [0.1, 0.15) is 18.1 Å². The van der Waals surface area contributed by atoms with E-state index < -0.39 is 11.5 Å². The molecule has 1 amide bonds. The van der Waals surface area contributed by atoms with Crippen LogP contribution in [0.15, 0.2) is 63.9 Å². The molecule has 0 radical (unpaired) electrons. The predicted octanol–water partition coefficient (Wildman–Crippen LogP) is 3.35. The molecule has 0 saturated carbocycles. The lowest BCUT2D eigenvalue weighted by molar-refractivity contribution is -0.117. The average Bonchev–Trinajstić information content (AvgIpc) is 3.23. The molecule has 8 nitrogen and oxygen atoms in total. The number of benzene rings is 2. The molecule has 156 valence electrons. The molecule has 4 aromatic rings. The van der Waals surface area contributed by atoms with Gasteiger partial charge in [0.15, 0.2) is 0 Å². The van der Waals surface area contributed by atoms with E-state index in [9.17, 15) is 14.0 Å². The number of rotatable bonds is 5. The van der Waals surface area contributed by atoms with Crippen molar-refractivity contribution in [1.82, 2.24) is 19.9 Å². The van der Waals surface area contributed by atoms with Crippen molar-refractivity contribution >= 4 is 11.6 Å². The minimum Gasteiger partial charge on any atom is -0.332 e. The fourth-order valence-corrected chi connectivity index (χ4v) is 2.92. The lowest BCUT2D eigenvalue weighted by Gasteiger charge is -2.10. The normalized spacial score (nSPS) is 10.8. The van der Waals surface area contributed by atoms with Crippen LogP contribution in [0.1, 0.15) is 11.1 Å². The molecule has 0 spiro atoms. The molecule has 0 saturated heterocycles. The van der Waals surface area contributed by atoms with Crippen LogP contribution in [-0.2, 0) is 11.3 Å². The van der Waals surface area contributed by atoms with Gasteiger partial charge < -0.3 is 9.84 Å². The third-order valence-corrected chi connectivity index (χ3v) is 4.57. The summed E-state index contributed by atoms with van der Waals surface area (Å²) in [5.41, 5.74) is 2.95. The van der Waals surface area contributed by atoms with E-state index in [-0.39, 0.29) is 29.8 Å². The number of nitrogens with one attached hydrogen (secondary N) is 1. The highest BCUT2D eigenvalue weighted by Gasteiger charge is 2.15. The van der Waals surface area contributed by atoms with E-state index in [2.05, 4.69) is 20.6 Å². The van der Waals surface area contributed by atoms with Crippen molar-refractivity contribution in [1.29, 1.82) is 0 Å². The van der Waals surface area contributed by atoms with E-state index in [0.717, 1.165) is 15.8 Å². The maximum Gasteiger partial charge on any atom is 0.278 e. The Morgan fingerprint density at radius 3 is 2.65 bits per heavy atom. The molecule has 2 aromatic heterocycles. The van der Waals surface area contributed by atoms with Crippen LogP contribution in [0.25, 0.3) is 23.0 Å². The van der Waals surface area contributed by atoms with Crippen LogP contribution < -0.4 is 10.9 Å². The molecule has 0 aliphatic carbocycles. The fraction of sp³-hybridized carbons (Fsp3) is 0.136. The van der Waals surface area contributed by atoms with Crippen LogP contribution in [0.5, 0.6) is 0 Å². The van der Waals surface area contributed by atoms with Crippen molar-refractivity contribution in [3.8, 4) is 23.0 Å². The second-order valence-electron chi connectivity index (χ2n) is 7.01. The smallest absolute Gasteiger partial charge is 0.278 e.